The maximum atomic E-state index is 10.8. The van der Waals surface area contributed by atoms with E-state index < -0.39 is 24.4 Å². The number of ether oxygens (including phenoxy) is 1. The summed E-state index contributed by atoms with van der Waals surface area (Å²) in [5.74, 6) is 0.166. The smallest absolute Gasteiger partial charge is 0.128 e. The van der Waals surface area contributed by atoms with Gasteiger partial charge in [0.05, 0.1) is 13.2 Å². The quantitative estimate of drug-likeness (QED) is 0.601. The Bertz CT molecular complexity index is 687. The Balaban J connectivity index is 2.39. The molecule has 27 heavy (non-hydrogen) atoms. The molecule has 1 saturated heterocycles. The van der Waals surface area contributed by atoms with Crippen LogP contribution in [0.5, 0.6) is 5.75 Å². The summed E-state index contributed by atoms with van der Waals surface area (Å²) >= 11 is 0. The fraction of sp³-hybridized carbons (Fsp3) is 0.667. The van der Waals surface area contributed by atoms with Crippen molar-refractivity contribution in [3.8, 4) is 5.75 Å². The number of aliphatic hydroxyl groups is 3. The summed E-state index contributed by atoms with van der Waals surface area (Å²) in [7, 11) is 0. The van der Waals surface area contributed by atoms with Crippen molar-refractivity contribution in [1.29, 1.82) is 0 Å². The van der Waals surface area contributed by atoms with Crippen LogP contribution in [0.25, 0.3) is 0 Å². The van der Waals surface area contributed by atoms with E-state index in [4.69, 9.17) is 9.84 Å². The van der Waals surface area contributed by atoms with E-state index in [1.54, 1.807) is 0 Å². The van der Waals surface area contributed by atoms with Gasteiger partial charge in [-0.25, -0.2) is 0 Å². The maximum Gasteiger partial charge on any atom is 0.128 e. The monoisotopic (exact) mass is 379 g/mol. The minimum absolute atomic E-state index is 0.0891. The molecule has 0 aromatic heterocycles. The summed E-state index contributed by atoms with van der Waals surface area (Å²) in [6, 6.07) is 3.26. The summed E-state index contributed by atoms with van der Waals surface area (Å²) in [6.07, 6.45) is -1.62. The van der Waals surface area contributed by atoms with Crippen LogP contribution in [0.15, 0.2) is 17.1 Å². The van der Waals surface area contributed by atoms with Crippen LogP contribution in [0.1, 0.15) is 58.2 Å². The average Bonchev–Trinajstić information content (AvgIpc) is 2.55. The van der Waals surface area contributed by atoms with Crippen LogP contribution in [0.2, 0.25) is 0 Å². The summed E-state index contributed by atoms with van der Waals surface area (Å²) in [5, 5.41) is 40.2. The van der Waals surface area contributed by atoms with E-state index in [0.29, 0.717) is 5.56 Å². The van der Waals surface area contributed by atoms with E-state index in [-0.39, 0.29) is 29.8 Å². The van der Waals surface area contributed by atoms with Crippen molar-refractivity contribution >= 4 is 6.21 Å². The van der Waals surface area contributed by atoms with Crippen molar-refractivity contribution in [2.45, 2.75) is 76.7 Å². The third kappa shape index (κ3) is 4.88. The number of aliphatic imine (C=N–C) groups is 1. The zero-order valence-corrected chi connectivity index (χ0v) is 17.1. The molecule has 4 atom stereocenters. The molecular formula is C21H33NO5. The van der Waals surface area contributed by atoms with E-state index in [1.165, 1.54) is 6.21 Å². The molecule has 1 aliphatic heterocycles. The third-order valence-corrected chi connectivity index (χ3v) is 5.00. The van der Waals surface area contributed by atoms with Crippen LogP contribution >= 0.6 is 0 Å². The van der Waals surface area contributed by atoms with Gasteiger partial charge in [-0.3, -0.25) is 4.99 Å². The van der Waals surface area contributed by atoms with Gasteiger partial charge in [0.15, 0.2) is 0 Å². The minimum atomic E-state index is -1.20. The van der Waals surface area contributed by atoms with Gasteiger partial charge in [0.2, 0.25) is 0 Å². The number of aromatic hydroxyl groups is 1. The molecule has 0 bridgehead atoms. The van der Waals surface area contributed by atoms with Gasteiger partial charge >= 0.3 is 0 Å². The molecule has 2 unspecified atom stereocenters. The zero-order valence-electron chi connectivity index (χ0n) is 17.1. The Morgan fingerprint density at radius 2 is 1.70 bits per heavy atom. The minimum Gasteiger partial charge on any atom is -0.507 e. The number of phenolic OH excluding ortho intramolecular Hbond substituents is 1. The summed E-state index contributed by atoms with van der Waals surface area (Å²) in [6.45, 7) is 12.2. The van der Waals surface area contributed by atoms with Gasteiger partial charge in [-0.1, -0.05) is 47.6 Å². The Morgan fingerprint density at radius 1 is 1.07 bits per heavy atom. The van der Waals surface area contributed by atoms with Crippen LogP contribution in [-0.4, -0.2) is 64.2 Å². The number of benzene rings is 1. The van der Waals surface area contributed by atoms with Gasteiger partial charge in [-0.2, -0.15) is 0 Å². The summed E-state index contributed by atoms with van der Waals surface area (Å²) < 4.78 is 5.36. The molecule has 0 radical (unpaired) electrons. The second-order valence-corrected chi connectivity index (χ2v) is 9.34. The molecule has 0 aliphatic carbocycles. The fourth-order valence-corrected chi connectivity index (χ4v) is 3.09. The van der Waals surface area contributed by atoms with Crippen molar-refractivity contribution in [2.24, 2.45) is 4.99 Å². The van der Waals surface area contributed by atoms with Crippen LogP contribution in [0.4, 0.5) is 0 Å². The lowest BCUT2D eigenvalue weighted by atomic mass is 9.79. The van der Waals surface area contributed by atoms with Gasteiger partial charge in [-0.15, -0.1) is 0 Å². The van der Waals surface area contributed by atoms with Gasteiger partial charge in [0.1, 0.15) is 30.1 Å². The van der Waals surface area contributed by atoms with E-state index in [1.807, 2.05) is 32.9 Å². The molecular weight excluding hydrogens is 346 g/mol. The SMILES string of the molecule is CC(C)(C)c1cc(C=NC2CO[C@H](CO)[C@@H](O)C2O)c(O)c(C(C)(C)C)c1. The highest BCUT2D eigenvalue weighted by Gasteiger charge is 2.37. The number of phenols is 1. The first kappa shape index (κ1) is 21.8. The molecule has 1 heterocycles. The molecule has 0 saturated carbocycles. The van der Waals surface area contributed by atoms with Crippen molar-refractivity contribution in [2.75, 3.05) is 13.2 Å². The van der Waals surface area contributed by atoms with Gasteiger partial charge in [-0.05, 0) is 22.5 Å². The highest BCUT2D eigenvalue weighted by atomic mass is 16.5. The fourth-order valence-electron chi connectivity index (χ4n) is 3.09. The molecule has 1 aliphatic rings. The first-order valence-electron chi connectivity index (χ1n) is 9.36. The number of rotatable bonds is 3. The number of nitrogens with zero attached hydrogens (tertiary/aromatic N) is 1. The lowest BCUT2D eigenvalue weighted by molar-refractivity contribution is -0.155. The van der Waals surface area contributed by atoms with E-state index in [2.05, 4.69) is 25.8 Å². The first-order valence-corrected chi connectivity index (χ1v) is 9.36. The van der Waals surface area contributed by atoms with E-state index >= 15 is 0 Å². The second kappa shape index (κ2) is 7.87. The predicted molar refractivity (Wildman–Crippen MR) is 106 cm³/mol. The van der Waals surface area contributed by atoms with Crippen molar-refractivity contribution in [3.63, 3.8) is 0 Å². The second-order valence-electron chi connectivity index (χ2n) is 9.34. The largest absolute Gasteiger partial charge is 0.507 e. The Morgan fingerprint density at radius 3 is 2.22 bits per heavy atom. The standard InChI is InChI=1S/C21H33NO5/c1-20(2,3)13-7-12(17(24)14(8-13)21(4,5)6)9-22-15-11-27-16(10-23)19(26)18(15)25/h7-9,15-16,18-19,23-26H,10-11H2,1-6H3/t15?,16-,18?,19-/m1/s1. The first-order chi connectivity index (χ1) is 12.4. The molecule has 1 aromatic rings. The van der Waals surface area contributed by atoms with E-state index in [9.17, 15) is 15.3 Å². The van der Waals surface area contributed by atoms with Crippen LogP contribution in [0.3, 0.4) is 0 Å². The van der Waals surface area contributed by atoms with Gasteiger partial charge < -0.3 is 25.2 Å². The third-order valence-electron chi connectivity index (χ3n) is 5.00. The number of aliphatic hydroxyl groups excluding tert-OH is 3. The lowest BCUT2D eigenvalue weighted by Gasteiger charge is -2.35. The molecule has 1 fully saturated rings. The number of hydrogen-bond acceptors (Lipinski definition) is 6. The van der Waals surface area contributed by atoms with Crippen molar-refractivity contribution in [3.05, 3.63) is 28.8 Å². The summed E-state index contributed by atoms with van der Waals surface area (Å²) in [5.41, 5.74) is 2.13. The normalized spacial score (nSPS) is 27.3. The maximum absolute atomic E-state index is 10.8. The molecule has 2 rings (SSSR count). The number of hydrogen-bond donors (Lipinski definition) is 4. The Labute approximate surface area is 161 Å². The van der Waals surface area contributed by atoms with Gasteiger partial charge in [0.25, 0.3) is 0 Å². The van der Waals surface area contributed by atoms with Crippen LogP contribution in [0, 0.1) is 0 Å². The molecule has 152 valence electrons. The Hall–Kier alpha value is -1.47. The van der Waals surface area contributed by atoms with Crippen molar-refractivity contribution < 1.29 is 25.2 Å². The molecule has 0 amide bonds. The van der Waals surface area contributed by atoms with Gasteiger partial charge in [0, 0.05) is 17.3 Å². The molecule has 0 spiro atoms. The Kier molecular flexibility index (Phi) is 6.37. The predicted octanol–water partition coefficient (Wildman–Crippen LogP) is 1.89. The highest BCUT2D eigenvalue weighted by Crippen LogP contribution is 2.37. The molecule has 4 N–H and O–H groups in total. The average molecular weight is 379 g/mol. The van der Waals surface area contributed by atoms with Crippen LogP contribution in [-0.2, 0) is 15.6 Å². The van der Waals surface area contributed by atoms with Crippen LogP contribution < -0.4 is 0 Å². The molecule has 1 aromatic carbocycles. The van der Waals surface area contributed by atoms with E-state index in [0.717, 1.165) is 11.1 Å². The highest BCUT2D eigenvalue weighted by molar-refractivity contribution is 5.85. The molecule has 6 nitrogen and oxygen atoms in total. The lowest BCUT2D eigenvalue weighted by Crippen LogP contribution is -2.53. The zero-order chi connectivity index (χ0) is 20.6. The summed E-state index contributed by atoms with van der Waals surface area (Å²) in [4.78, 5) is 4.36. The topological polar surface area (TPSA) is 103 Å². The molecule has 6 heteroatoms. The van der Waals surface area contributed by atoms with Crippen molar-refractivity contribution in [1.82, 2.24) is 0 Å².